The van der Waals surface area contributed by atoms with E-state index in [-0.39, 0.29) is 19.4 Å². The molecule has 0 bridgehead atoms. The summed E-state index contributed by atoms with van der Waals surface area (Å²) in [5.74, 6) is -5.34. The van der Waals surface area contributed by atoms with E-state index in [0.29, 0.717) is 0 Å². The molecule has 2 aliphatic rings. The highest BCUT2D eigenvalue weighted by atomic mass is 16.7. The van der Waals surface area contributed by atoms with Gasteiger partial charge in [0, 0.05) is 60.8 Å². The van der Waals surface area contributed by atoms with Gasteiger partial charge in [-0.1, -0.05) is 0 Å². The van der Waals surface area contributed by atoms with Crippen LogP contribution < -0.4 is 5.32 Å². The van der Waals surface area contributed by atoms with Crippen molar-refractivity contribution in [1.29, 1.82) is 0 Å². The van der Waals surface area contributed by atoms with E-state index in [0.717, 1.165) is 27.7 Å². The van der Waals surface area contributed by atoms with Crippen molar-refractivity contribution in [2.75, 3.05) is 13.2 Å². The third-order valence-electron chi connectivity index (χ3n) is 6.43. The van der Waals surface area contributed by atoms with Crippen molar-refractivity contribution in [3.8, 4) is 0 Å². The lowest BCUT2D eigenvalue weighted by molar-refractivity contribution is -0.322. The normalized spacial score (nSPS) is 30.2. The van der Waals surface area contributed by atoms with Gasteiger partial charge in [0.1, 0.15) is 18.8 Å². The number of hydrogen-bond acceptors (Lipinski definition) is 15. The van der Waals surface area contributed by atoms with Gasteiger partial charge in [0.25, 0.3) is 0 Å². The molecule has 0 aromatic carbocycles. The molecule has 1 aliphatic heterocycles. The Hall–Kier alpha value is -3.79. The van der Waals surface area contributed by atoms with Gasteiger partial charge in [0.2, 0.25) is 5.91 Å². The van der Waals surface area contributed by atoms with Crippen LogP contribution >= 0.6 is 0 Å². The van der Waals surface area contributed by atoms with Crippen LogP contribution in [0.25, 0.3) is 0 Å². The van der Waals surface area contributed by atoms with Crippen molar-refractivity contribution >= 4 is 41.7 Å². The molecule has 1 saturated carbocycles. The Morgan fingerprint density at radius 1 is 0.628 bits per heavy atom. The first kappa shape index (κ1) is 35.4. The molecule has 242 valence electrons. The summed E-state index contributed by atoms with van der Waals surface area (Å²) in [5, 5.41) is 2.77. The summed E-state index contributed by atoms with van der Waals surface area (Å²) in [5.41, 5.74) is 0. The minimum Gasteiger partial charge on any atom is -0.465 e. The van der Waals surface area contributed by atoms with Gasteiger partial charge in [-0.15, -0.1) is 0 Å². The summed E-state index contributed by atoms with van der Waals surface area (Å²) >= 11 is 0. The molecular weight excluding hydrogens is 578 g/mol. The second kappa shape index (κ2) is 16.2. The molecule has 1 aliphatic carbocycles. The van der Waals surface area contributed by atoms with E-state index in [1.807, 2.05) is 0 Å². The average Bonchev–Trinajstić information content (AvgIpc) is 2.85. The zero-order valence-corrected chi connectivity index (χ0v) is 25.1. The van der Waals surface area contributed by atoms with Crippen LogP contribution in [0.2, 0.25) is 0 Å². The molecular formula is C27H39NO15. The molecule has 2 fully saturated rings. The van der Waals surface area contributed by atoms with Crippen molar-refractivity contribution in [3.05, 3.63) is 0 Å². The predicted molar refractivity (Wildman–Crippen MR) is 139 cm³/mol. The summed E-state index contributed by atoms with van der Waals surface area (Å²) in [6.45, 7) is 7.48. The Balaban J connectivity index is 2.57. The molecule has 0 aromatic rings. The lowest BCUT2D eigenvalue weighted by Crippen LogP contribution is -2.65. The van der Waals surface area contributed by atoms with Gasteiger partial charge >= 0.3 is 35.8 Å². The molecule has 1 saturated heterocycles. The Morgan fingerprint density at radius 2 is 1.14 bits per heavy atom. The number of carbonyl (C=O) groups is 7. The largest absolute Gasteiger partial charge is 0.465 e. The zero-order chi connectivity index (χ0) is 32.4. The Kier molecular flexibility index (Phi) is 13.3. The Morgan fingerprint density at radius 3 is 1.65 bits per heavy atom. The molecule has 43 heavy (non-hydrogen) atoms. The lowest BCUT2D eigenvalue weighted by atomic mass is 9.80. The number of esters is 6. The van der Waals surface area contributed by atoms with Gasteiger partial charge in [0.15, 0.2) is 24.6 Å². The van der Waals surface area contributed by atoms with Crippen LogP contribution in [0.3, 0.4) is 0 Å². The first-order valence-corrected chi connectivity index (χ1v) is 13.6. The van der Waals surface area contributed by atoms with Crippen molar-refractivity contribution in [2.24, 2.45) is 5.92 Å². The van der Waals surface area contributed by atoms with Crippen LogP contribution in [0.15, 0.2) is 0 Å². The first-order valence-electron chi connectivity index (χ1n) is 13.6. The predicted octanol–water partition coefficient (Wildman–Crippen LogP) is -0.136. The molecule has 1 heterocycles. The van der Waals surface area contributed by atoms with Crippen LogP contribution in [0.5, 0.6) is 0 Å². The average molecular weight is 618 g/mol. The minimum absolute atomic E-state index is 0.0218. The number of amides is 1. The maximum atomic E-state index is 12.2. The van der Waals surface area contributed by atoms with Crippen molar-refractivity contribution < 1.29 is 71.5 Å². The molecule has 0 spiro atoms. The molecule has 2 rings (SSSR count). The monoisotopic (exact) mass is 617 g/mol. The highest BCUT2D eigenvalue weighted by Crippen LogP contribution is 2.35. The molecule has 0 radical (unpaired) electrons. The lowest BCUT2D eigenvalue weighted by Gasteiger charge is -2.47. The van der Waals surface area contributed by atoms with Crippen molar-refractivity contribution in [2.45, 2.75) is 110 Å². The summed E-state index contributed by atoms with van der Waals surface area (Å²) in [7, 11) is 0. The van der Waals surface area contributed by atoms with Gasteiger partial charge in [-0.3, -0.25) is 33.6 Å². The molecule has 0 aromatic heterocycles. The summed E-state index contributed by atoms with van der Waals surface area (Å²) < 4.78 is 44.3. The SMILES string of the molecule is CC(=O)N[C@H]1[C@H](COC(C)=O)C[C@H](OC(C)=O)C[C@@H]1O[C@@H]1O[C@H](COC(C)=O)[C@@H](OC(C)=O)[C@H](OC(C)=O)[C@H]1OC(C)=O. The van der Waals surface area contributed by atoms with Crippen LogP contribution in [0.4, 0.5) is 0 Å². The van der Waals surface area contributed by atoms with E-state index in [9.17, 15) is 33.6 Å². The third-order valence-corrected chi connectivity index (χ3v) is 6.43. The number of rotatable bonds is 11. The molecule has 1 N–H and O–H groups in total. The fraction of sp³-hybridized carbons (Fsp3) is 0.741. The van der Waals surface area contributed by atoms with E-state index in [1.165, 1.54) is 20.8 Å². The third kappa shape index (κ3) is 11.4. The van der Waals surface area contributed by atoms with Gasteiger partial charge < -0.3 is 43.2 Å². The zero-order valence-electron chi connectivity index (χ0n) is 25.1. The highest BCUT2D eigenvalue weighted by molar-refractivity contribution is 5.73. The van der Waals surface area contributed by atoms with E-state index < -0.39 is 103 Å². The standard InChI is InChI=1S/C27H39NO15/c1-12(29)28-23-19(10-36-13(2)30)8-20(38-15(4)32)9-21(23)42-27-26(41-18(7)35)25(40-17(6)34)24(39-16(5)33)22(43-27)11-37-14(3)31/h19-27H,8-11H2,1-7H3,(H,28,29)/t19-,20-,21-,22+,23-,24+,25-,26+,27+/m0/s1. The van der Waals surface area contributed by atoms with E-state index in [4.69, 9.17) is 37.9 Å². The van der Waals surface area contributed by atoms with Crippen molar-refractivity contribution in [3.63, 3.8) is 0 Å². The van der Waals surface area contributed by atoms with Gasteiger partial charge in [0.05, 0.1) is 18.8 Å². The van der Waals surface area contributed by atoms with Gasteiger partial charge in [-0.25, -0.2) is 0 Å². The fourth-order valence-corrected chi connectivity index (χ4v) is 5.07. The minimum atomic E-state index is -1.55. The number of hydrogen-bond donors (Lipinski definition) is 1. The molecule has 9 atom stereocenters. The smallest absolute Gasteiger partial charge is 0.303 e. The van der Waals surface area contributed by atoms with E-state index in [2.05, 4.69) is 5.32 Å². The maximum Gasteiger partial charge on any atom is 0.303 e. The summed E-state index contributed by atoms with van der Waals surface area (Å²) in [6.07, 6.45) is -8.73. The maximum absolute atomic E-state index is 12.2. The highest BCUT2D eigenvalue weighted by Gasteiger charge is 2.54. The molecule has 1 amide bonds. The summed E-state index contributed by atoms with van der Waals surface area (Å²) in [6, 6.07) is -0.824. The quantitative estimate of drug-likeness (QED) is 0.237. The number of ether oxygens (including phenoxy) is 8. The Bertz CT molecular complexity index is 1060. The molecule has 16 heteroatoms. The second-order valence-electron chi connectivity index (χ2n) is 10.2. The van der Waals surface area contributed by atoms with Crippen LogP contribution in [-0.2, 0) is 71.5 Å². The molecule has 0 unspecified atom stereocenters. The van der Waals surface area contributed by atoms with Crippen LogP contribution in [0.1, 0.15) is 61.3 Å². The van der Waals surface area contributed by atoms with E-state index in [1.54, 1.807) is 0 Å². The van der Waals surface area contributed by atoms with Crippen LogP contribution in [0, 0.1) is 5.92 Å². The number of carbonyl (C=O) groups excluding carboxylic acids is 7. The van der Waals surface area contributed by atoms with E-state index >= 15 is 0 Å². The second-order valence-corrected chi connectivity index (χ2v) is 10.2. The first-order chi connectivity index (χ1) is 20.1. The molecule has 16 nitrogen and oxygen atoms in total. The van der Waals surface area contributed by atoms with Crippen molar-refractivity contribution in [1.82, 2.24) is 5.32 Å². The van der Waals surface area contributed by atoms with Crippen LogP contribution in [-0.4, -0.2) is 104 Å². The van der Waals surface area contributed by atoms with Gasteiger partial charge in [-0.05, 0) is 6.42 Å². The van der Waals surface area contributed by atoms with Gasteiger partial charge in [-0.2, -0.15) is 0 Å². The Labute approximate surface area is 248 Å². The number of nitrogens with one attached hydrogen (secondary N) is 1. The topological polar surface area (TPSA) is 205 Å². The fourth-order valence-electron chi connectivity index (χ4n) is 5.07. The summed E-state index contributed by atoms with van der Waals surface area (Å²) in [4.78, 5) is 83.5.